The van der Waals surface area contributed by atoms with Gasteiger partial charge in [0.25, 0.3) is 0 Å². The van der Waals surface area contributed by atoms with Gasteiger partial charge in [0.2, 0.25) is 0 Å². The van der Waals surface area contributed by atoms with Crippen molar-refractivity contribution in [3.8, 4) is 0 Å². The van der Waals surface area contributed by atoms with Crippen molar-refractivity contribution in [2.45, 2.75) is 193 Å². The molecule has 50 heavy (non-hydrogen) atoms. The van der Waals surface area contributed by atoms with Gasteiger partial charge in [-0.1, -0.05) is 133 Å². The molecule has 1 fully saturated rings. The maximum absolute atomic E-state index is 6.79. The second-order valence-electron chi connectivity index (χ2n) is 14.9. The maximum atomic E-state index is 6.79. The zero-order valence-corrected chi connectivity index (χ0v) is 33.1. The van der Waals surface area contributed by atoms with E-state index in [1.165, 1.54) is 141 Å². The number of imidazole rings is 1. The summed E-state index contributed by atoms with van der Waals surface area (Å²) in [5, 5.41) is 0. The van der Waals surface area contributed by atoms with Crippen LogP contribution in [-0.4, -0.2) is 53.5 Å². The Hall–Kier alpha value is -1.95. The number of likely N-dealkylation sites (N-methyl/N-ethyl adjacent to an activating group) is 1. The van der Waals surface area contributed by atoms with Crippen LogP contribution in [-0.2, 0) is 15.9 Å². The third kappa shape index (κ3) is 24.3. The van der Waals surface area contributed by atoms with E-state index in [1.807, 2.05) is 6.20 Å². The summed E-state index contributed by atoms with van der Waals surface area (Å²) in [7, 11) is 2.21. The van der Waals surface area contributed by atoms with E-state index in [0.717, 1.165) is 51.8 Å². The Balaban J connectivity index is 1.63. The molecule has 0 radical (unpaired) electrons. The van der Waals surface area contributed by atoms with Crippen LogP contribution in [0.15, 0.2) is 61.1 Å². The molecule has 0 spiro atoms. The van der Waals surface area contributed by atoms with Gasteiger partial charge in [0.05, 0.1) is 19.0 Å². The van der Waals surface area contributed by atoms with Crippen molar-refractivity contribution in [2.75, 3.05) is 26.7 Å². The fourth-order valence-corrected chi connectivity index (χ4v) is 6.79. The second-order valence-corrected chi connectivity index (χ2v) is 14.9. The quantitative estimate of drug-likeness (QED) is 0.0443. The summed E-state index contributed by atoms with van der Waals surface area (Å²) in [5.41, 5.74) is 1.20. The fourth-order valence-electron chi connectivity index (χ4n) is 6.79. The molecular formula is C45H79N3O2. The Morgan fingerprint density at radius 3 is 1.80 bits per heavy atom. The molecule has 0 bridgehead atoms. The number of rotatable bonds is 34. The first-order valence-electron chi connectivity index (χ1n) is 21.3. The number of nitrogens with one attached hydrogen (secondary N) is 1. The monoisotopic (exact) mass is 694 g/mol. The second kappa shape index (κ2) is 31.8. The van der Waals surface area contributed by atoms with Crippen molar-refractivity contribution in [3.05, 3.63) is 66.8 Å². The molecule has 5 nitrogen and oxygen atoms in total. The molecule has 2 atom stereocenters. The standard InChI is InChI=1S/C45H79N3O2/c1-4-6-8-10-12-14-16-18-20-21-23-25-27-29-31-33-37-45(36-32-30-28-26-24-22-19-17-15-13-11-9-7-5-2)49-41-44(50-45)35-39-48(3)38-34-43-40-46-42-47-43/h12-15,17-20,40,42,44H,4-11,16,21-39,41H2,1-3H3,(H,46,47)/b14-12-,15-13+,19-17+,20-18-. The number of hydrogen-bond acceptors (Lipinski definition) is 4. The maximum Gasteiger partial charge on any atom is 0.168 e. The van der Waals surface area contributed by atoms with Crippen LogP contribution in [0, 0.1) is 0 Å². The van der Waals surface area contributed by atoms with Gasteiger partial charge >= 0.3 is 0 Å². The van der Waals surface area contributed by atoms with Crippen molar-refractivity contribution < 1.29 is 9.47 Å². The highest BCUT2D eigenvalue weighted by molar-refractivity contribution is 5.02. The zero-order chi connectivity index (χ0) is 35.6. The van der Waals surface area contributed by atoms with Crippen molar-refractivity contribution >= 4 is 0 Å². The lowest BCUT2D eigenvalue weighted by Crippen LogP contribution is -2.32. The summed E-state index contributed by atoms with van der Waals surface area (Å²) in [6, 6.07) is 0. The van der Waals surface area contributed by atoms with Crippen molar-refractivity contribution in [2.24, 2.45) is 0 Å². The highest BCUT2D eigenvalue weighted by Crippen LogP contribution is 2.35. The molecule has 2 rings (SSSR count). The van der Waals surface area contributed by atoms with Gasteiger partial charge < -0.3 is 19.4 Å². The van der Waals surface area contributed by atoms with E-state index >= 15 is 0 Å². The van der Waals surface area contributed by atoms with Gasteiger partial charge in [0.1, 0.15) is 0 Å². The van der Waals surface area contributed by atoms with Gasteiger partial charge in [-0.25, -0.2) is 4.98 Å². The summed E-state index contributed by atoms with van der Waals surface area (Å²) in [6.07, 6.45) is 54.7. The number of ether oxygens (including phenoxy) is 2. The average molecular weight is 694 g/mol. The highest BCUT2D eigenvalue weighted by atomic mass is 16.7. The van der Waals surface area contributed by atoms with Gasteiger partial charge in [-0.3, -0.25) is 0 Å². The molecule has 1 aromatic rings. The number of unbranched alkanes of at least 4 members (excludes halogenated alkanes) is 17. The Morgan fingerprint density at radius 2 is 1.24 bits per heavy atom. The first kappa shape index (κ1) is 44.2. The molecule has 2 heterocycles. The predicted molar refractivity (Wildman–Crippen MR) is 217 cm³/mol. The molecule has 1 aromatic heterocycles. The van der Waals surface area contributed by atoms with Crippen molar-refractivity contribution in [1.82, 2.24) is 14.9 Å². The minimum atomic E-state index is -0.361. The van der Waals surface area contributed by atoms with Crippen LogP contribution in [0.5, 0.6) is 0 Å². The first-order chi connectivity index (χ1) is 24.7. The summed E-state index contributed by atoms with van der Waals surface area (Å²) in [6.45, 7) is 7.34. The van der Waals surface area contributed by atoms with Crippen molar-refractivity contribution in [3.63, 3.8) is 0 Å². The number of aromatic amines is 1. The molecular weight excluding hydrogens is 615 g/mol. The Labute approximate surface area is 309 Å². The average Bonchev–Trinajstić information content (AvgIpc) is 3.80. The molecule has 5 heteroatoms. The largest absolute Gasteiger partial charge is 0.348 e. The van der Waals surface area contributed by atoms with E-state index in [-0.39, 0.29) is 11.9 Å². The van der Waals surface area contributed by atoms with Crippen molar-refractivity contribution in [1.29, 1.82) is 0 Å². The molecule has 2 unspecified atom stereocenters. The lowest BCUT2D eigenvalue weighted by Gasteiger charge is -2.29. The smallest absolute Gasteiger partial charge is 0.168 e. The first-order valence-corrected chi connectivity index (χ1v) is 21.3. The molecule has 286 valence electrons. The van der Waals surface area contributed by atoms with Gasteiger partial charge in [-0.2, -0.15) is 0 Å². The number of hydrogen-bond donors (Lipinski definition) is 1. The van der Waals surface area contributed by atoms with Crippen LogP contribution >= 0.6 is 0 Å². The SMILES string of the molecule is CCCCC/C=C\C/C=C\CCCCCCCCC1(CCCCCCC/C=C/C=C/CCCCC)OCC(CCN(C)CCc2cnc[nH]2)O1. The molecule has 1 saturated heterocycles. The summed E-state index contributed by atoms with van der Waals surface area (Å²) < 4.78 is 13.4. The van der Waals surface area contributed by atoms with Crippen LogP contribution in [0.2, 0.25) is 0 Å². The van der Waals surface area contributed by atoms with E-state index in [2.05, 4.69) is 84.4 Å². The van der Waals surface area contributed by atoms with Gasteiger partial charge in [-0.15, -0.1) is 0 Å². The molecule has 1 aliphatic rings. The zero-order valence-electron chi connectivity index (χ0n) is 33.1. The van der Waals surface area contributed by atoms with Crippen LogP contribution in [0.1, 0.15) is 180 Å². The summed E-state index contributed by atoms with van der Waals surface area (Å²) in [4.78, 5) is 9.77. The highest BCUT2D eigenvalue weighted by Gasteiger charge is 2.40. The molecule has 0 aromatic carbocycles. The minimum Gasteiger partial charge on any atom is -0.348 e. The Morgan fingerprint density at radius 1 is 0.700 bits per heavy atom. The lowest BCUT2D eigenvalue weighted by atomic mass is 9.98. The minimum absolute atomic E-state index is 0.210. The molecule has 0 aliphatic carbocycles. The van der Waals surface area contributed by atoms with Gasteiger partial charge in [0, 0.05) is 44.2 Å². The third-order valence-corrected chi connectivity index (χ3v) is 10.1. The van der Waals surface area contributed by atoms with Crippen LogP contribution in [0.25, 0.3) is 0 Å². The van der Waals surface area contributed by atoms with Crippen LogP contribution in [0.4, 0.5) is 0 Å². The van der Waals surface area contributed by atoms with Crippen LogP contribution in [0.3, 0.4) is 0 Å². The Bertz CT molecular complexity index is 984. The third-order valence-electron chi connectivity index (χ3n) is 10.1. The summed E-state index contributed by atoms with van der Waals surface area (Å²) in [5.74, 6) is -0.361. The van der Waals surface area contributed by atoms with Gasteiger partial charge in [0.15, 0.2) is 5.79 Å². The predicted octanol–water partition coefficient (Wildman–Crippen LogP) is 13.0. The molecule has 0 saturated carbocycles. The normalized spacial score (nSPS) is 18.4. The van der Waals surface area contributed by atoms with E-state index in [4.69, 9.17) is 9.47 Å². The fraction of sp³-hybridized carbons (Fsp3) is 0.756. The molecule has 0 amide bonds. The van der Waals surface area contributed by atoms with E-state index in [9.17, 15) is 0 Å². The summed E-state index contributed by atoms with van der Waals surface area (Å²) >= 11 is 0. The van der Waals surface area contributed by atoms with Crippen LogP contribution < -0.4 is 0 Å². The lowest BCUT2D eigenvalue weighted by molar-refractivity contribution is -0.180. The molecule has 1 aliphatic heterocycles. The number of H-pyrrole nitrogens is 1. The Kier molecular flexibility index (Phi) is 28.1. The number of aromatic nitrogens is 2. The molecule has 1 N–H and O–H groups in total. The van der Waals surface area contributed by atoms with E-state index < -0.39 is 0 Å². The number of nitrogens with zero attached hydrogens (tertiary/aromatic N) is 2. The van der Waals surface area contributed by atoms with E-state index in [0.29, 0.717) is 0 Å². The van der Waals surface area contributed by atoms with Gasteiger partial charge in [-0.05, 0) is 84.1 Å². The number of allylic oxidation sites excluding steroid dienone is 8. The van der Waals surface area contributed by atoms with E-state index in [1.54, 1.807) is 6.33 Å². The topological polar surface area (TPSA) is 50.4 Å².